The molecule has 1 aromatic heterocycles. The molecule has 4 nitrogen and oxygen atoms in total. The van der Waals surface area contributed by atoms with Crippen LogP contribution in [0.3, 0.4) is 0 Å². The molecule has 2 amide bonds. The van der Waals surface area contributed by atoms with Gasteiger partial charge in [-0.1, -0.05) is 23.7 Å². The third-order valence-corrected chi connectivity index (χ3v) is 4.18. The molecule has 1 aliphatic heterocycles. The Balaban J connectivity index is 2.00. The molecule has 1 atom stereocenters. The van der Waals surface area contributed by atoms with Crippen molar-refractivity contribution in [1.29, 1.82) is 0 Å². The molecule has 122 valence electrons. The van der Waals surface area contributed by atoms with Gasteiger partial charge in [0.2, 0.25) is 0 Å². The van der Waals surface area contributed by atoms with E-state index in [-0.39, 0.29) is 17.6 Å². The zero-order chi connectivity index (χ0) is 16.6. The first-order chi connectivity index (χ1) is 10.8. The standard InChI is InChI=1S/C18H22ClN3O/c1-18(2,3)20-17(23)22-11-10-21-9-5-8-15(21)16(22)13-6-4-7-14(19)12-13/h4-9,12,16H,10-11H2,1-3H3,(H,20,23). The molecule has 0 saturated carbocycles. The second kappa shape index (κ2) is 5.93. The zero-order valence-corrected chi connectivity index (χ0v) is 14.5. The Morgan fingerprint density at radius 1 is 1.22 bits per heavy atom. The van der Waals surface area contributed by atoms with Gasteiger partial charge >= 0.3 is 6.03 Å². The average Bonchev–Trinajstić information content (AvgIpc) is 2.92. The number of nitrogens with one attached hydrogen (secondary N) is 1. The molecule has 3 rings (SSSR count). The highest BCUT2D eigenvalue weighted by Gasteiger charge is 2.33. The smallest absolute Gasteiger partial charge is 0.318 e. The van der Waals surface area contributed by atoms with Gasteiger partial charge < -0.3 is 14.8 Å². The number of halogens is 1. The summed E-state index contributed by atoms with van der Waals surface area (Å²) in [6, 6.07) is 11.7. The minimum atomic E-state index is -0.268. The molecular weight excluding hydrogens is 310 g/mol. The summed E-state index contributed by atoms with van der Waals surface area (Å²) in [4.78, 5) is 14.7. The van der Waals surface area contributed by atoms with Crippen LogP contribution in [0.5, 0.6) is 0 Å². The zero-order valence-electron chi connectivity index (χ0n) is 13.7. The molecule has 1 aromatic carbocycles. The highest BCUT2D eigenvalue weighted by molar-refractivity contribution is 6.30. The van der Waals surface area contributed by atoms with Crippen LogP contribution in [-0.2, 0) is 6.54 Å². The number of hydrogen-bond donors (Lipinski definition) is 1. The van der Waals surface area contributed by atoms with Crippen molar-refractivity contribution in [3.8, 4) is 0 Å². The summed E-state index contributed by atoms with van der Waals surface area (Å²) in [5.41, 5.74) is 1.87. The van der Waals surface area contributed by atoms with Crippen LogP contribution in [0.25, 0.3) is 0 Å². The number of hydrogen-bond acceptors (Lipinski definition) is 1. The number of urea groups is 1. The third-order valence-electron chi connectivity index (χ3n) is 3.95. The highest BCUT2D eigenvalue weighted by atomic mass is 35.5. The van der Waals surface area contributed by atoms with Gasteiger partial charge in [0.1, 0.15) is 0 Å². The van der Waals surface area contributed by atoms with E-state index in [0.29, 0.717) is 11.6 Å². The number of nitrogens with zero attached hydrogens (tertiary/aromatic N) is 2. The van der Waals surface area contributed by atoms with Gasteiger partial charge in [0.15, 0.2) is 0 Å². The van der Waals surface area contributed by atoms with Crippen molar-refractivity contribution in [1.82, 2.24) is 14.8 Å². The monoisotopic (exact) mass is 331 g/mol. The van der Waals surface area contributed by atoms with Crippen LogP contribution in [-0.4, -0.2) is 27.6 Å². The summed E-state index contributed by atoms with van der Waals surface area (Å²) < 4.78 is 2.20. The molecule has 2 heterocycles. The van der Waals surface area contributed by atoms with E-state index < -0.39 is 0 Å². The Hall–Kier alpha value is -1.94. The van der Waals surface area contributed by atoms with Crippen molar-refractivity contribution in [2.75, 3.05) is 6.54 Å². The third kappa shape index (κ3) is 3.37. The van der Waals surface area contributed by atoms with Crippen molar-refractivity contribution in [2.45, 2.75) is 38.9 Å². The summed E-state index contributed by atoms with van der Waals surface area (Å²) >= 11 is 6.17. The number of carbonyl (C=O) groups is 1. The lowest BCUT2D eigenvalue weighted by atomic mass is 10.00. The number of fused-ring (bicyclic) bond motifs is 1. The number of benzene rings is 1. The molecule has 1 unspecified atom stereocenters. The molecular formula is C18H22ClN3O. The van der Waals surface area contributed by atoms with Crippen LogP contribution >= 0.6 is 11.6 Å². The quantitative estimate of drug-likeness (QED) is 0.840. The first-order valence-corrected chi connectivity index (χ1v) is 8.22. The van der Waals surface area contributed by atoms with Gasteiger partial charge in [-0.15, -0.1) is 0 Å². The molecule has 0 bridgehead atoms. The van der Waals surface area contributed by atoms with Gasteiger partial charge in [0.05, 0.1) is 6.04 Å². The molecule has 2 aromatic rings. The van der Waals surface area contributed by atoms with Gasteiger partial charge in [-0.05, 0) is 50.6 Å². The van der Waals surface area contributed by atoms with Crippen molar-refractivity contribution in [3.63, 3.8) is 0 Å². The summed E-state index contributed by atoms with van der Waals surface area (Å²) in [5, 5.41) is 3.75. The summed E-state index contributed by atoms with van der Waals surface area (Å²) in [5.74, 6) is 0. The van der Waals surface area contributed by atoms with E-state index >= 15 is 0 Å². The Labute approximate surface area is 142 Å². The fourth-order valence-corrected chi connectivity index (χ4v) is 3.22. The van der Waals surface area contributed by atoms with Gasteiger partial charge in [-0.2, -0.15) is 0 Å². The van der Waals surface area contributed by atoms with Crippen molar-refractivity contribution >= 4 is 17.6 Å². The Bertz CT molecular complexity index is 717. The van der Waals surface area contributed by atoms with E-state index in [9.17, 15) is 4.79 Å². The molecule has 0 saturated heterocycles. The largest absolute Gasteiger partial charge is 0.348 e. The Morgan fingerprint density at radius 3 is 2.70 bits per heavy atom. The second-order valence-electron chi connectivity index (χ2n) is 6.96. The number of carbonyl (C=O) groups excluding carboxylic acids is 1. The minimum absolute atomic E-state index is 0.0464. The number of amides is 2. The van der Waals surface area contributed by atoms with Crippen molar-refractivity contribution in [3.05, 3.63) is 58.9 Å². The maximum Gasteiger partial charge on any atom is 0.318 e. The molecule has 0 radical (unpaired) electrons. The van der Waals surface area contributed by atoms with E-state index in [1.165, 1.54) is 0 Å². The SMILES string of the molecule is CC(C)(C)NC(=O)N1CCn2cccc2C1c1cccc(Cl)c1. The molecule has 1 aliphatic rings. The van der Waals surface area contributed by atoms with Gasteiger partial charge in [0.25, 0.3) is 0 Å². The summed E-state index contributed by atoms with van der Waals surface area (Å²) in [6.45, 7) is 7.45. The van der Waals surface area contributed by atoms with Crippen molar-refractivity contribution in [2.24, 2.45) is 0 Å². The fourth-order valence-electron chi connectivity index (χ4n) is 3.02. The Kier molecular flexibility index (Phi) is 4.11. The first kappa shape index (κ1) is 15.9. The lowest BCUT2D eigenvalue weighted by Gasteiger charge is -2.39. The van der Waals surface area contributed by atoms with E-state index in [1.807, 2.05) is 56.0 Å². The summed E-state index contributed by atoms with van der Waals surface area (Å²) in [6.07, 6.45) is 2.06. The minimum Gasteiger partial charge on any atom is -0.348 e. The van der Waals surface area contributed by atoms with Gasteiger partial charge in [-0.3, -0.25) is 0 Å². The Morgan fingerprint density at radius 2 is 2.00 bits per heavy atom. The molecule has 23 heavy (non-hydrogen) atoms. The average molecular weight is 332 g/mol. The maximum absolute atomic E-state index is 12.8. The fraction of sp³-hybridized carbons (Fsp3) is 0.389. The topological polar surface area (TPSA) is 37.3 Å². The predicted molar refractivity (Wildman–Crippen MR) is 92.7 cm³/mol. The van der Waals surface area contributed by atoms with Gasteiger partial charge in [-0.25, -0.2) is 4.79 Å². The highest BCUT2D eigenvalue weighted by Crippen LogP contribution is 2.33. The normalized spacial score (nSPS) is 17.7. The van der Waals surface area contributed by atoms with Crippen LogP contribution in [0.2, 0.25) is 5.02 Å². The van der Waals surface area contributed by atoms with Crippen LogP contribution in [0.4, 0.5) is 4.79 Å². The lowest BCUT2D eigenvalue weighted by Crippen LogP contribution is -2.52. The van der Waals surface area contributed by atoms with E-state index in [2.05, 4.69) is 22.1 Å². The van der Waals surface area contributed by atoms with E-state index in [4.69, 9.17) is 11.6 Å². The maximum atomic E-state index is 12.8. The predicted octanol–water partition coefficient (Wildman–Crippen LogP) is 4.05. The number of rotatable bonds is 1. The van der Waals surface area contributed by atoms with Crippen LogP contribution in [0, 0.1) is 0 Å². The van der Waals surface area contributed by atoms with Crippen molar-refractivity contribution < 1.29 is 4.79 Å². The lowest BCUT2D eigenvalue weighted by molar-refractivity contribution is 0.161. The molecule has 1 N–H and O–H groups in total. The number of aromatic nitrogens is 1. The first-order valence-electron chi connectivity index (χ1n) is 7.84. The summed E-state index contributed by atoms with van der Waals surface area (Å²) in [7, 11) is 0. The van der Waals surface area contributed by atoms with Crippen LogP contribution < -0.4 is 5.32 Å². The second-order valence-corrected chi connectivity index (χ2v) is 7.39. The molecule has 0 aliphatic carbocycles. The van der Waals surface area contributed by atoms with Crippen LogP contribution in [0.15, 0.2) is 42.6 Å². The molecule has 5 heteroatoms. The van der Waals surface area contributed by atoms with E-state index in [1.54, 1.807) is 0 Å². The van der Waals surface area contributed by atoms with Gasteiger partial charge in [0, 0.05) is 35.5 Å². The van der Waals surface area contributed by atoms with E-state index in [0.717, 1.165) is 17.8 Å². The molecule has 0 spiro atoms. The van der Waals surface area contributed by atoms with Crippen LogP contribution in [0.1, 0.15) is 38.1 Å². The molecule has 0 fully saturated rings.